The van der Waals surface area contributed by atoms with E-state index in [2.05, 4.69) is 9.99 Å². The first-order chi connectivity index (χ1) is 16.9. The minimum Gasteiger partial charge on any atom is -0.296 e. The Bertz CT molecular complexity index is 1540. The van der Waals surface area contributed by atoms with Gasteiger partial charge in [0.1, 0.15) is 4.90 Å². The van der Waals surface area contributed by atoms with E-state index in [0.717, 1.165) is 23.8 Å². The Morgan fingerprint density at radius 3 is 2.22 bits per heavy atom. The highest BCUT2D eigenvalue weighted by Gasteiger charge is 2.38. The van der Waals surface area contributed by atoms with Crippen molar-refractivity contribution in [2.75, 3.05) is 0 Å². The van der Waals surface area contributed by atoms with Gasteiger partial charge in [-0.3, -0.25) is 4.89 Å². The van der Waals surface area contributed by atoms with Crippen molar-refractivity contribution in [1.82, 2.24) is 9.19 Å². The summed E-state index contributed by atoms with van der Waals surface area (Å²) in [5.41, 5.74) is -0.434. The quantitative estimate of drug-likeness (QED) is 0.270. The van der Waals surface area contributed by atoms with Crippen LogP contribution in [-0.2, 0) is 32.9 Å². The molecular weight excluding hydrogens is 497 g/mol. The molecule has 1 aromatic heterocycles. The summed E-state index contributed by atoms with van der Waals surface area (Å²) in [5.74, 6) is -0.909. The lowest BCUT2D eigenvalue weighted by Gasteiger charge is -2.24. The van der Waals surface area contributed by atoms with Crippen molar-refractivity contribution in [3.63, 3.8) is 0 Å². The maximum absolute atomic E-state index is 13.6. The molecular formula is C25H21F3N2O5S. The van der Waals surface area contributed by atoms with Gasteiger partial charge in [0.05, 0.1) is 22.3 Å². The van der Waals surface area contributed by atoms with Gasteiger partial charge < -0.3 is 0 Å². The Balaban J connectivity index is 1.80. The van der Waals surface area contributed by atoms with Crippen molar-refractivity contribution in [3.05, 3.63) is 95.2 Å². The summed E-state index contributed by atoms with van der Waals surface area (Å²) in [4.78, 5) is 14.3. The normalized spacial score (nSPS) is 12.6. The number of carbonyl (C=O) groups excluding carboxylic acids is 1. The Morgan fingerprint density at radius 1 is 0.972 bits per heavy atom. The van der Waals surface area contributed by atoms with Crippen molar-refractivity contribution in [1.29, 1.82) is 0 Å². The zero-order valence-corrected chi connectivity index (χ0v) is 20.0. The lowest BCUT2D eigenvalue weighted by molar-refractivity contribution is -0.182. The summed E-state index contributed by atoms with van der Waals surface area (Å²) >= 11 is 0. The molecule has 188 valence electrons. The van der Waals surface area contributed by atoms with Crippen LogP contribution in [0.4, 0.5) is 13.2 Å². The third-order valence-corrected chi connectivity index (χ3v) is 7.57. The molecule has 0 fully saturated rings. The third-order valence-electron chi connectivity index (χ3n) is 5.92. The highest BCUT2D eigenvalue weighted by atomic mass is 32.2. The van der Waals surface area contributed by atoms with E-state index in [4.69, 9.17) is 5.26 Å². The van der Waals surface area contributed by atoms with Crippen LogP contribution in [0.15, 0.2) is 77.7 Å². The third kappa shape index (κ3) is 4.59. The van der Waals surface area contributed by atoms with Crippen LogP contribution in [0.5, 0.6) is 0 Å². The van der Waals surface area contributed by atoms with E-state index < -0.39 is 38.0 Å². The summed E-state index contributed by atoms with van der Waals surface area (Å²) in [5, 5.41) is 13.3. The van der Waals surface area contributed by atoms with Crippen LogP contribution in [0.3, 0.4) is 0 Å². The van der Waals surface area contributed by atoms with Crippen molar-refractivity contribution < 1.29 is 36.5 Å². The molecule has 0 amide bonds. The topological polar surface area (TPSA) is 98.5 Å². The Morgan fingerprint density at radius 2 is 1.58 bits per heavy atom. The predicted octanol–water partition coefficient (Wildman–Crippen LogP) is 5.44. The van der Waals surface area contributed by atoms with Crippen LogP contribution < -0.4 is 0 Å². The minimum absolute atomic E-state index is 0.140. The number of hydrogen-bond acceptors (Lipinski definition) is 6. The Kier molecular flexibility index (Phi) is 6.40. The number of rotatable bonds is 6. The molecule has 0 unspecified atom stereocenters. The predicted molar refractivity (Wildman–Crippen MR) is 125 cm³/mol. The van der Waals surface area contributed by atoms with Gasteiger partial charge in [0.2, 0.25) is 0 Å². The second-order valence-electron chi connectivity index (χ2n) is 8.82. The summed E-state index contributed by atoms with van der Waals surface area (Å²) in [7, 11) is -4.69. The average Bonchev–Trinajstić information content (AvgIpc) is 3.22. The smallest absolute Gasteiger partial charge is 0.296 e. The highest BCUT2D eigenvalue weighted by Crippen LogP contribution is 2.36. The number of carbonyl (C=O) groups is 1. The molecule has 1 heterocycles. The molecule has 1 N–H and O–H groups in total. The van der Waals surface area contributed by atoms with Crippen molar-refractivity contribution in [2.45, 2.75) is 36.8 Å². The molecule has 0 bridgehead atoms. The first-order valence-electron chi connectivity index (χ1n) is 10.7. The fourth-order valence-electron chi connectivity index (χ4n) is 4.07. The number of alkyl halides is 3. The average molecular weight is 519 g/mol. The molecule has 4 rings (SSSR count). The van der Waals surface area contributed by atoms with Gasteiger partial charge in [-0.15, -0.1) is 0 Å². The van der Waals surface area contributed by atoms with Gasteiger partial charge in [0.25, 0.3) is 10.0 Å². The lowest BCUT2D eigenvalue weighted by Crippen LogP contribution is -2.22. The van der Waals surface area contributed by atoms with Crippen LogP contribution in [0.1, 0.15) is 41.0 Å². The molecule has 0 atom stereocenters. The van der Waals surface area contributed by atoms with Gasteiger partial charge >= 0.3 is 12.1 Å². The van der Waals surface area contributed by atoms with Crippen molar-refractivity contribution in [2.24, 2.45) is 0 Å². The number of aromatic nitrogens is 2. The number of para-hydroxylation sites is 1. The molecule has 0 aliphatic heterocycles. The van der Waals surface area contributed by atoms with Crippen LogP contribution in [0.25, 0.3) is 10.9 Å². The fourth-order valence-corrected chi connectivity index (χ4v) is 5.59. The monoisotopic (exact) mass is 518 g/mol. The van der Waals surface area contributed by atoms with Gasteiger partial charge in [0.15, 0.2) is 0 Å². The van der Waals surface area contributed by atoms with Gasteiger partial charge in [-0.2, -0.15) is 36.0 Å². The zero-order valence-electron chi connectivity index (χ0n) is 19.2. The lowest BCUT2D eigenvalue weighted by atomic mass is 9.80. The van der Waals surface area contributed by atoms with Crippen LogP contribution in [-0.4, -0.2) is 28.8 Å². The van der Waals surface area contributed by atoms with E-state index in [0.29, 0.717) is 15.2 Å². The number of nitrogens with zero attached hydrogens (tertiary/aromatic N) is 2. The Hall–Kier alpha value is -3.70. The van der Waals surface area contributed by atoms with Crippen LogP contribution in [0.2, 0.25) is 0 Å². The summed E-state index contributed by atoms with van der Waals surface area (Å²) in [6, 6.07) is 16.7. The summed E-state index contributed by atoms with van der Waals surface area (Å²) in [6.07, 6.45) is -4.63. The molecule has 7 nitrogen and oxygen atoms in total. The second-order valence-corrected chi connectivity index (χ2v) is 10.6. The first-order valence-corrected chi connectivity index (χ1v) is 12.1. The van der Waals surface area contributed by atoms with Gasteiger partial charge in [-0.25, -0.2) is 4.79 Å². The maximum atomic E-state index is 13.6. The first kappa shape index (κ1) is 25.4. The molecule has 0 saturated heterocycles. The molecule has 0 saturated carbocycles. The highest BCUT2D eigenvalue weighted by molar-refractivity contribution is 7.90. The van der Waals surface area contributed by atoms with E-state index >= 15 is 0 Å². The zero-order chi connectivity index (χ0) is 26.3. The van der Waals surface area contributed by atoms with Gasteiger partial charge in [-0.1, -0.05) is 56.3 Å². The molecule has 36 heavy (non-hydrogen) atoms. The van der Waals surface area contributed by atoms with E-state index in [9.17, 15) is 26.4 Å². The van der Waals surface area contributed by atoms with Crippen molar-refractivity contribution in [3.8, 4) is 0 Å². The van der Waals surface area contributed by atoms with E-state index in [1.54, 1.807) is 30.3 Å². The minimum atomic E-state index is -4.87. The molecule has 3 aromatic carbocycles. The summed E-state index contributed by atoms with van der Waals surface area (Å²) < 4.78 is 68.3. The number of halogens is 3. The molecule has 0 aliphatic carbocycles. The number of fused-ring (bicyclic) bond motifs is 1. The SMILES string of the molecule is CC(C)(Cc1nn(S(=O)(=O)c2ccccc2C(F)(F)F)c2ccccc12)c1ccc(C(=O)OO)cc1. The molecule has 0 spiro atoms. The molecule has 11 heteroatoms. The van der Waals surface area contributed by atoms with Crippen LogP contribution in [0, 0.1) is 0 Å². The van der Waals surface area contributed by atoms with Gasteiger partial charge in [0, 0.05) is 11.8 Å². The van der Waals surface area contributed by atoms with E-state index in [1.807, 2.05) is 13.8 Å². The van der Waals surface area contributed by atoms with E-state index in [-0.39, 0.29) is 17.5 Å². The summed E-state index contributed by atoms with van der Waals surface area (Å²) in [6.45, 7) is 3.77. The van der Waals surface area contributed by atoms with Crippen LogP contribution >= 0.6 is 0 Å². The largest absolute Gasteiger partial charge is 0.417 e. The fraction of sp³-hybridized carbons (Fsp3) is 0.200. The maximum Gasteiger partial charge on any atom is 0.417 e. The molecule has 0 radical (unpaired) electrons. The number of hydrogen-bond donors (Lipinski definition) is 1. The standard InChI is InChI=1S/C25H21F3N2O5S/c1-24(2,17-13-11-16(12-14-17)23(31)35-32)15-20-18-7-3-5-9-21(18)30(29-20)36(33,34)22-10-6-4-8-19(22)25(26,27)28/h3-14,32H,15H2,1-2H3. The second kappa shape index (κ2) is 9.07. The van der Waals surface area contributed by atoms with Crippen molar-refractivity contribution >= 4 is 26.9 Å². The van der Waals surface area contributed by atoms with E-state index in [1.165, 1.54) is 24.3 Å². The molecule has 0 aliphatic rings. The number of benzene rings is 3. The Labute approximate surface area is 204 Å². The molecule has 4 aromatic rings. The van der Waals surface area contributed by atoms with Gasteiger partial charge in [-0.05, 0) is 41.3 Å².